The van der Waals surface area contributed by atoms with Crippen molar-refractivity contribution in [3.8, 4) is 0 Å². The van der Waals surface area contributed by atoms with E-state index >= 15 is 0 Å². The molecular weight excluding hydrogens is 343 g/mol. The van der Waals surface area contributed by atoms with Crippen molar-refractivity contribution in [2.45, 2.75) is 6.42 Å². The summed E-state index contributed by atoms with van der Waals surface area (Å²) in [5.74, 6) is -0.194. The summed E-state index contributed by atoms with van der Waals surface area (Å²) >= 11 is 5.42. The predicted molar refractivity (Wildman–Crippen MR) is 99.3 cm³/mol. The van der Waals surface area contributed by atoms with Gasteiger partial charge in [-0.3, -0.25) is 4.79 Å². The number of amides is 1. The van der Waals surface area contributed by atoms with Gasteiger partial charge in [0, 0.05) is 25.9 Å². The second-order valence-corrected chi connectivity index (χ2v) is 6.43. The predicted octanol–water partition coefficient (Wildman–Crippen LogP) is -0.124. The standard InChI is InChI=1S/C17H25FN4O2S/c1-24-12-2-7-19-16(23)13-21-8-10-22(11-9-21)17(25)20-15-5-3-14(18)4-6-15/h3-6H,2,7-13H2,1H3,(H,19,23)(H,20,25)/p+1. The summed E-state index contributed by atoms with van der Waals surface area (Å²) in [6.07, 6.45) is 0.828. The van der Waals surface area contributed by atoms with E-state index in [-0.39, 0.29) is 11.7 Å². The molecule has 1 aromatic rings. The highest BCUT2D eigenvalue weighted by Gasteiger charge is 2.23. The van der Waals surface area contributed by atoms with Crippen LogP contribution in [-0.4, -0.2) is 68.9 Å². The van der Waals surface area contributed by atoms with Crippen LogP contribution < -0.4 is 15.5 Å². The summed E-state index contributed by atoms with van der Waals surface area (Å²) < 4.78 is 17.9. The molecule has 8 heteroatoms. The van der Waals surface area contributed by atoms with Gasteiger partial charge in [-0.1, -0.05) is 0 Å². The second-order valence-electron chi connectivity index (χ2n) is 6.05. The van der Waals surface area contributed by atoms with Gasteiger partial charge in [0.25, 0.3) is 5.91 Å². The lowest BCUT2D eigenvalue weighted by Gasteiger charge is -2.33. The summed E-state index contributed by atoms with van der Waals surface area (Å²) in [6.45, 7) is 5.09. The highest BCUT2D eigenvalue weighted by Crippen LogP contribution is 2.09. The molecule has 0 aromatic heterocycles. The second kappa shape index (κ2) is 10.3. The van der Waals surface area contributed by atoms with Crippen LogP contribution in [0.4, 0.5) is 10.1 Å². The van der Waals surface area contributed by atoms with Crippen LogP contribution in [0.15, 0.2) is 24.3 Å². The van der Waals surface area contributed by atoms with Crippen molar-refractivity contribution in [2.75, 3.05) is 58.3 Å². The van der Waals surface area contributed by atoms with Gasteiger partial charge in [-0.05, 0) is 42.9 Å². The van der Waals surface area contributed by atoms with E-state index in [0.29, 0.717) is 24.8 Å². The molecule has 3 N–H and O–H groups in total. The third-order valence-corrected chi connectivity index (χ3v) is 4.47. The molecule has 0 aliphatic carbocycles. The number of halogens is 1. The number of quaternary nitrogens is 1. The highest BCUT2D eigenvalue weighted by molar-refractivity contribution is 7.80. The van der Waals surface area contributed by atoms with Gasteiger partial charge < -0.3 is 25.2 Å². The number of hydrogen-bond acceptors (Lipinski definition) is 3. The Kier molecular flexibility index (Phi) is 8.03. The molecule has 138 valence electrons. The fraction of sp³-hybridized carbons (Fsp3) is 0.529. The number of rotatable bonds is 7. The Morgan fingerprint density at radius 1 is 1.32 bits per heavy atom. The van der Waals surface area contributed by atoms with Gasteiger partial charge in [0.15, 0.2) is 11.7 Å². The summed E-state index contributed by atoms with van der Waals surface area (Å²) in [7, 11) is 1.65. The summed E-state index contributed by atoms with van der Waals surface area (Å²) in [5.41, 5.74) is 0.775. The van der Waals surface area contributed by atoms with Crippen LogP contribution in [0.5, 0.6) is 0 Å². The molecule has 1 amide bonds. The Balaban J connectivity index is 1.67. The molecule has 25 heavy (non-hydrogen) atoms. The van der Waals surface area contributed by atoms with Crippen LogP contribution in [0.2, 0.25) is 0 Å². The Hall–Kier alpha value is -1.77. The van der Waals surface area contributed by atoms with Gasteiger partial charge >= 0.3 is 0 Å². The van der Waals surface area contributed by atoms with Crippen molar-refractivity contribution >= 4 is 28.9 Å². The van der Waals surface area contributed by atoms with Crippen LogP contribution in [0.25, 0.3) is 0 Å². The van der Waals surface area contributed by atoms with Crippen molar-refractivity contribution in [3.63, 3.8) is 0 Å². The molecule has 1 aliphatic rings. The summed E-state index contributed by atoms with van der Waals surface area (Å²) in [6, 6.07) is 6.13. The van der Waals surface area contributed by atoms with E-state index in [1.165, 1.54) is 17.0 Å². The molecule has 0 unspecified atom stereocenters. The van der Waals surface area contributed by atoms with E-state index in [1.807, 2.05) is 0 Å². The van der Waals surface area contributed by atoms with E-state index < -0.39 is 0 Å². The number of carbonyl (C=O) groups is 1. The number of hydrogen-bond donors (Lipinski definition) is 3. The zero-order valence-corrected chi connectivity index (χ0v) is 15.3. The Morgan fingerprint density at radius 2 is 2.00 bits per heavy atom. The largest absolute Gasteiger partial charge is 0.385 e. The molecule has 1 fully saturated rings. The number of ether oxygens (including phenoxy) is 1. The van der Waals surface area contributed by atoms with E-state index in [0.717, 1.165) is 38.3 Å². The third kappa shape index (κ3) is 6.93. The summed E-state index contributed by atoms with van der Waals surface area (Å²) in [5, 5.41) is 6.67. The lowest BCUT2D eigenvalue weighted by molar-refractivity contribution is -0.895. The van der Waals surface area contributed by atoms with Crippen LogP contribution >= 0.6 is 12.2 Å². The first kappa shape index (κ1) is 19.6. The number of anilines is 1. The molecule has 6 nitrogen and oxygen atoms in total. The fourth-order valence-electron chi connectivity index (χ4n) is 2.67. The van der Waals surface area contributed by atoms with Crippen molar-refractivity contribution in [3.05, 3.63) is 30.1 Å². The van der Waals surface area contributed by atoms with Gasteiger partial charge in [0.2, 0.25) is 0 Å². The zero-order chi connectivity index (χ0) is 18.1. The molecule has 0 bridgehead atoms. The number of piperazine rings is 1. The smallest absolute Gasteiger partial charge is 0.275 e. The minimum atomic E-state index is -0.269. The number of methoxy groups -OCH3 is 1. The highest BCUT2D eigenvalue weighted by atomic mass is 32.1. The Labute approximate surface area is 153 Å². The molecule has 1 aliphatic heterocycles. The minimum absolute atomic E-state index is 0.0755. The number of benzene rings is 1. The average molecular weight is 369 g/mol. The molecule has 2 rings (SSSR count). The Bertz CT molecular complexity index is 562. The lowest BCUT2D eigenvalue weighted by atomic mass is 10.3. The molecule has 1 saturated heterocycles. The topological polar surface area (TPSA) is 58.0 Å². The van der Waals surface area contributed by atoms with Gasteiger partial charge in [0.1, 0.15) is 5.82 Å². The number of carbonyl (C=O) groups excluding carboxylic acids is 1. The lowest BCUT2D eigenvalue weighted by Crippen LogP contribution is -3.15. The van der Waals surface area contributed by atoms with Gasteiger partial charge in [-0.2, -0.15) is 0 Å². The van der Waals surface area contributed by atoms with E-state index in [2.05, 4.69) is 15.5 Å². The molecule has 0 spiro atoms. The van der Waals surface area contributed by atoms with E-state index in [1.54, 1.807) is 19.2 Å². The van der Waals surface area contributed by atoms with Crippen LogP contribution in [0.1, 0.15) is 6.42 Å². The minimum Gasteiger partial charge on any atom is -0.385 e. The SMILES string of the molecule is COCCCNC(=O)C[NH+]1CCN(C(=S)Nc2ccc(F)cc2)CC1. The maximum absolute atomic E-state index is 12.9. The molecule has 1 aromatic carbocycles. The fourth-order valence-corrected chi connectivity index (χ4v) is 2.97. The van der Waals surface area contributed by atoms with Crippen molar-refractivity contribution in [1.82, 2.24) is 10.2 Å². The monoisotopic (exact) mass is 369 g/mol. The van der Waals surface area contributed by atoms with E-state index in [4.69, 9.17) is 17.0 Å². The number of nitrogens with zero attached hydrogens (tertiary/aromatic N) is 1. The van der Waals surface area contributed by atoms with Crippen LogP contribution in [-0.2, 0) is 9.53 Å². The maximum atomic E-state index is 12.9. The van der Waals surface area contributed by atoms with E-state index in [9.17, 15) is 9.18 Å². The van der Waals surface area contributed by atoms with Gasteiger partial charge in [0.05, 0.1) is 26.2 Å². The molecular formula is C17H26FN4O2S+. The van der Waals surface area contributed by atoms with Crippen molar-refractivity contribution < 1.29 is 18.8 Å². The normalized spacial score (nSPS) is 15.0. The molecule has 0 radical (unpaired) electrons. The molecule has 0 atom stereocenters. The van der Waals surface area contributed by atoms with Crippen molar-refractivity contribution in [2.24, 2.45) is 0 Å². The summed E-state index contributed by atoms with van der Waals surface area (Å²) in [4.78, 5) is 15.2. The zero-order valence-electron chi connectivity index (χ0n) is 14.5. The maximum Gasteiger partial charge on any atom is 0.275 e. The average Bonchev–Trinajstić information content (AvgIpc) is 2.61. The van der Waals surface area contributed by atoms with Crippen LogP contribution in [0.3, 0.4) is 0 Å². The third-order valence-electron chi connectivity index (χ3n) is 4.11. The van der Waals surface area contributed by atoms with Gasteiger partial charge in [-0.25, -0.2) is 4.39 Å². The first-order valence-electron chi connectivity index (χ1n) is 8.49. The molecule has 1 heterocycles. The first-order chi connectivity index (χ1) is 12.1. The Morgan fingerprint density at radius 3 is 2.64 bits per heavy atom. The first-order valence-corrected chi connectivity index (χ1v) is 8.90. The van der Waals surface area contributed by atoms with Crippen molar-refractivity contribution in [1.29, 1.82) is 0 Å². The number of nitrogens with one attached hydrogen (secondary N) is 3. The van der Waals surface area contributed by atoms with Crippen LogP contribution in [0, 0.1) is 5.82 Å². The number of thiocarbonyl (C=S) groups is 1. The quantitative estimate of drug-likeness (QED) is 0.462. The van der Waals surface area contributed by atoms with Gasteiger partial charge in [-0.15, -0.1) is 0 Å². The molecule has 0 saturated carbocycles.